The molecule has 0 aliphatic rings. The summed E-state index contributed by atoms with van der Waals surface area (Å²) in [7, 11) is 0. The molecule has 140 valence electrons. The number of hydrogen-bond donors (Lipinski definition) is 1. The molecule has 0 atom stereocenters. The zero-order chi connectivity index (χ0) is 19.4. The summed E-state index contributed by atoms with van der Waals surface area (Å²) in [5.74, 6) is 0.120. The van der Waals surface area contributed by atoms with E-state index in [1.165, 1.54) is 16.8 Å². The number of hydrogen-bond acceptors (Lipinski definition) is 5. The van der Waals surface area contributed by atoms with Crippen LogP contribution in [-0.2, 0) is 17.9 Å². The van der Waals surface area contributed by atoms with Gasteiger partial charge >= 0.3 is 0 Å². The van der Waals surface area contributed by atoms with Gasteiger partial charge in [-0.1, -0.05) is 23.8 Å². The standard InChI is InChI=1S/C19H18FN3O3S/c1-12-3-7-15(8-4-12)25-11-18-22-23(19(27)26-18)10-17(24)21-16-9-14(20)6-5-13(16)2/h3-9H,10-11H2,1-2H3,(H,21,24). The molecule has 0 radical (unpaired) electrons. The molecule has 0 aliphatic heterocycles. The summed E-state index contributed by atoms with van der Waals surface area (Å²) in [6.45, 7) is 3.70. The first-order chi connectivity index (χ1) is 12.9. The first kappa shape index (κ1) is 18.8. The van der Waals surface area contributed by atoms with Crippen LogP contribution in [0.5, 0.6) is 5.75 Å². The molecule has 1 heterocycles. The van der Waals surface area contributed by atoms with Crippen LogP contribution in [0.3, 0.4) is 0 Å². The predicted molar refractivity (Wildman–Crippen MR) is 101 cm³/mol. The number of anilines is 1. The van der Waals surface area contributed by atoms with Crippen molar-refractivity contribution in [2.45, 2.75) is 27.0 Å². The number of amides is 1. The number of nitrogens with one attached hydrogen (secondary N) is 1. The fraction of sp³-hybridized carbons (Fsp3) is 0.211. The molecule has 0 fully saturated rings. The van der Waals surface area contributed by atoms with E-state index in [1.54, 1.807) is 13.0 Å². The molecule has 3 aromatic rings. The zero-order valence-corrected chi connectivity index (χ0v) is 15.7. The topological polar surface area (TPSA) is 69.3 Å². The summed E-state index contributed by atoms with van der Waals surface area (Å²) < 4.78 is 25.5. The van der Waals surface area contributed by atoms with E-state index in [-0.39, 0.29) is 29.8 Å². The van der Waals surface area contributed by atoms with E-state index in [4.69, 9.17) is 21.4 Å². The van der Waals surface area contributed by atoms with Gasteiger partial charge in [0, 0.05) is 5.69 Å². The van der Waals surface area contributed by atoms with Crippen LogP contribution < -0.4 is 10.1 Å². The molecule has 8 heteroatoms. The summed E-state index contributed by atoms with van der Waals surface area (Å²) in [5, 5.41) is 6.79. The van der Waals surface area contributed by atoms with Gasteiger partial charge in [0.15, 0.2) is 6.61 Å². The van der Waals surface area contributed by atoms with Crippen molar-refractivity contribution in [2.75, 3.05) is 5.32 Å². The summed E-state index contributed by atoms with van der Waals surface area (Å²) in [4.78, 5) is 12.3. The molecule has 0 aliphatic carbocycles. The number of carbonyl (C=O) groups excluding carboxylic acids is 1. The lowest BCUT2D eigenvalue weighted by Crippen LogP contribution is -2.20. The molecule has 6 nitrogen and oxygen atoms in total. The minimum Gasteiger partial charge on any atom is -0.484 e. The molecule has 0 bridgehead atoms. The van der Waals surface area contributed by atoms with Crippen molar-refractivity contribution in [1.82, 2.24) is 9.78 Å². The Morgan fingerprint density at radius 2 is 2.00 bits per heavy atom. The third-order valence-corrected chi connectivity index (χ3v) is 4.09. The van der Waals surface area contributed by atoms with Gasteiger partial charge in [0.1, 0.15) is 18.1 Å². The fourth-order valence-electron chi connectivity index (χ4n) is 2.34. The SMILES string of the molecule is Cc1ccc(OCc2nn(CC(=O)Nc3cc(F)ccc3C)c(=S)o2)cc1. The average Bonchev–Trinajstić information content (AvgIpc) is 2.97. The molecule has 27 heavy (non-hydrogen) atoms. The van der Waals surface area contributed by atoms with Crippen LogP contribution in [-0.4, -0.2) is 15.7 Å². The van der Waals surface area contributed by atoms with Crippen LogP contribution in [0.25, 0.3) is 0 Å². The number of halogens is 1. The lowest BCUT2D eigenvalue weighted by molar-refractivity contribution is -0.117. The van der Waals surface area contributed by atoms with Gasteiger partial charge in [-0.3, -0.25) is 4.79 Å². The monoisotopic (exact) mass is 387 g/mol. The normalized spacial score (nSPS) is 10.6. The third kappa shape index (κ3) is 5.01. The summed E-state index contributed by atoms with van der Waals surface area (Å²) in [6.07, 6.45) is 0. The molecular formula is C19H18FN3O3S. The van der Waals surface area contributed by atoms with E-state index >= 15 is 0 Å². The van der Waals surface area contributed by atoms with Crippen molar-refractivity contribution in [3.05, 3.63) is 70.1 Å². The highest BCUT2D eigenvalue weighted by Crippen LogP contribution is 2.16. The Labute approximate surface area is 160 Å². The molecule has 0 saturated carbocycles. The lowest BCUT2D eigenvalue weighted by atomic mass is 10.2. The Hall–Kier alpha value is -3.00. The molecule has 0 saturated heterocycles. The highest BCUT2D eigenvalue weighted by atomic mass is 32.1. The van der Waals surface area contributed by atoms with E-state index in [2.05, 4.69) is 10.4 Å². The summed E-state index contributed by atoms with van der Waals surface area (Å²) in [6, 6.07) is 11.7. The molecule has 0 spiro atoms. The van der Waals surface area contributed by atoms with Crippen LogP contribution in [0, 0.1) is 24.5 Å². The van der Waals surface area contributed by atoms with Gasteiger partial charge in [0.05, 0.1) is 0 Å². The van der Waals surface area contributed by atoms with Crippen LogP contribution in [0.2, 0.25) is 0 Å². The minimum absolute atomic E-state index is 0.0589. The van der Waals surface area contributed by atoms with Crippen LogP contribution in [0.1, 0.15) is 17.0 Å². The number of benzene rings is 2. The molecule has 1 aromatic heterocycles. The van der Waals surface area contributed by atoms with Crippen molar-refractivity contribution in [2.24, 2.45) is 0 Å². The Morgan fingerprint density at radius 3 is 2.74 bits per heavy atom. The van der Waals surface area contributed by atoms with E-state index in [0.29, 0.717) is 11.4 Å². The number of ether oxygens (including phenoxy) is 1. The number of nitrogens with zero attached hydrogens (tertiary/aromatic N) is 2. The maximum atomic E-state index is 13.3. The minimum atomic E-state index is -0.426. The van der Waals surface area contributed by atoms with E-state index < -0.39 is 5.82 Å². The van der Waals surface area contributed by atoms with Gasteiger partial charge in [-0.2, -0.15) is 0 Å². The van der Waals surface area contributed by atoms with Crippen LogP contribution in [0.15, 0.2) is 46.9 Å². The van der Waals surface area contributed by atoms with Gasteiger partial charge in [0.25, 0.3) is 10.7 Å². The highest BCUT2D eigenvalue weighted by Gasteiger charge is 2.12. The van der Waals surface area contributed by atoms with E-state index in [9.17, 15) is 9.18 Å². The average molecular weight is 387 g/mol. The third-order valence-electron chi connectivity index (χ3n) is 3.80. The summed E-state index contributed by atoms with van der Waals surface area (Å²) >= 11 is 5.09. The zero-order valence-electron chi connectivity index (χ0n) is 14.9. The molecule has 0 unspecified atom stereocenters. The number of rotatable bonds is 6. The Balaban J connectivity index is 1.62. The largest absolute Gasteiger partial charge is 0.484 e. The number of aromatic nitrogens is 2. The van der Waals surface area contributed by atoms with E-state index in [0.717, 1.165) is 11.1 Å². The van der Waals surface area contributed by atoms with Gasteiger partial charge < -0.3 is 14.5 Å². The molecule has 1 amide bonds. The second kappa shape index (κ2) is 8.13. The van der Waals surface area contributed by atoms with Crippen molar-refractivity contribution in [1.29, 1.82) is 0 Å². The molecule has 1 N–H and O–H groups in total. The van der Waals surface area contributed by atoms with Crippen molar-refractivity contribution in [3.8, 4) is 5.75 Å². The predicted octanol–water partition coefficient (Wildman–Crippen LogP) is 4.18. The maximum Gasteiger partial charge on any atom is 0.287 e. The first-order valence-electron chi connectivity index (χ1n) is 8.23. The maximum absolute atomic E-state index is 13.3. The summed E-state index contributed by atoms with van der Waals surface area (Å²) in [5.41, 5.74) is 2.28. The van der Waals surface area contributed by atoms with Crippen molar-refractivity contribution >= 4 is 23.8 Å². The molecule has 2 aromatic carbocycles. The second-order valence-corrected chi connectivity index (χ2v) is 6.38. The highest BCUT2D eigenvalue weighted by molar-refractivity contribution is 7.71. The fourth-order valence-corrected chi connectivity index (χ4v) is 2.54. The van der Waals surface area contributed by atoms with Crippen LogP contribution >= 0.6 is 12.2 Å². The Morgan fingerprint density at radius 1 is 1.26 bits per heavy atom. The molecule has 3 rings (SSSR count). The van der Waals surface area contributed by atoms with Crippen molar-refractivity contribution < 1.29 is 18.3 Å². The lowest BCUT2D eigenvalue weighted by Gasteiger charge is -2.08. The van der Waals surface area contributed by atoms with Crippen LogP contribution in [0.4, 0.5) is 10.1 Å². The number of carbonyl (C=O) groups is 1. The smallest absolute Gasteiger partial charge is 0.287 e. The quantitative estimate of drug-likeness (QED) is 0.643. The van der Waals surface area contributed by atoms with Gasteiger partial charge in [-0.05, 0) is 55.9 Å². The van der Waals surface area contributed by atoms with Crippen molar-refractivity contribution in [3.63, 3.8) is 0 Å². The Kier molecular flexibility index (Phi) is 5.66. The van der Waals surface area contributed by atoms with Gasteiger partial charge in [0.2, 0.25) is 5.91 Å². The van der Waals surface area contributed by atoms with Gasteiger partial charge in [-0.25, -0.2) is 9.07 Å². The number of aryl methyl sites for hydroxylation is 2. The first-order valence-corrected chi connectivity index (χ1v) is 8.64. The molecular weight excluding hydrogens is 369 g/mol. The van der Waals surface area contributed by atoms with E-state index in [1.807, 2.05) is 31.2 Å². The van der Waals surface area contributed by atoms with Gasteiger partial charge in [-0.15, -0.1) is 5.10 Å². The second-order valence-electron chi connectivity index (χ2n) is 6.03. The Bertz CT molecular complexity index is 1010.